The van der Waals surface area contributed by atoms with Crippen LogP contribution < -0.4 is 5.32 Å². The largest absolute Gasteiger partial charge is 0.456 e. The van der Waals surface area contributed by atoms with Gasteiger partial charge in [0.25, 0.3) is 0 Å². The first kappa shape index (κ1) is 18.8. The maximum absolute atomic E-state index is 12.1. The Labute approximate surface area is 161 Å². The monoisotopic (exact) mass is 381 g/mol. The lowest BCUT2D eigenvalue weighted by Crippen LogP contribution is -2.32. The molecule has 0 fully saturated rings. The summed E-state index contributed by atoms with van der Waals surface area (Å²) in [6.45, 7) is 1.32. The number of carbonyl (C=O) groups excluding carboxylic acids is 3. The number of carbonyl (C=O) groups is 3. The van der Waals surface area contributed by atoms with E-state index >= 15 is 0 Å². The Balaban J connectivity index is 1.47. The van der Waals surface area contributed by atoms with E-state index in [-0.39, 0.29) is 31.3 Å². The summed E-state index contributed by atoms with van der Waals surface area (Å²) in [5.41, 5.74) is 0.891. The van der Waals surface area contributed by atoms with Crippen LogP contribution in [0.25, 0.3) is 10.8 Å². The quantitative estimate of drug-likeness (QED) is 0.503. The molecule has 3 aromatic rings. The summed E-state index contributed by atoms with van der Waals surface area (Å²) in [6.07, 6.45) is 0.169. The molecule has 1 heterocycles. The number of benzene rings is 2. The lowest BCUT2D eigenvalue weighted by molar-refractivity contribution is -0.142. The molecule has 0 radical (unpaired) electrons. The average Bonchev–Trinajstić information content (AvgIpc) is 3.11. The fourth-order valence-corrected chi connectivity index (χ4v) is 3.50. The van der Waals surface area contributed by atoms with Crippen LogP contribution in [0.15, 0.2) is 54.6 Å². The van der Waals surface area contributed by atoms with Gasteiger partial charge in [-0.3, -0.25) is 14.4 Å². The number of ketones is 1. The van der Waals surface area contributed by atoms with Crippen LogP contribution in [-0.2, 0) is 20.7 Å². The molecule has 1 N–H and O–H groups in total. The van der Waals surface area contributed by atoms with Gasteiger partial charge in [0.1, 0.15) is 6.54 Å². The first-order valence-electron chi connectivity index (χ1n) is 8.51. The number of nitrogens with one attached hydrogen (secondary N) is 1. The molecule has 3 rings (SSSR count). The molecule has 0 bridgehead atoms. The molecule has 6 heteroatoms. The molecular formula is C21H19NO4S. The molecule has 0 saturated carbocycles. The number of Topliss-reactive ketones (excluding diaryl/α,β-unsaturated/α-hetero) is 1. The van der Waals surface area contributed by atoms with E-state index < -0.39 is 5.97 Å². The second-order valence-corrected chi connectivity index (χ2v) is 7.37. The molecule has 0 atom stereocenters. The van der Waals surface area contributed by atoms with Crippen LogP contribution in [0.5, 0.6) is 0 Å². The Morgan fingerprint density at radius 3 is 2.56 bits per heavy atom. The van der Waals surface area contributed by atoms with Crippen molar-refractivity contribution in [3.63, 3.8) is 0 Å². The van der Waals surface area contributed by atoms with Crippen LogP contribution in [-0.4, -0.2) is 30.8 Å². The number of fused-ring (bicyclic) bond motifs is 1. The SMILES string of the molecule is Cc1ccc(C(=O)COC(=O)CNC(=O)Cc2cccc3ccccc23)s1. The molecule has 1 amide bonds. The molecule has 1 aromatic heterocycles. The summed E-state index contributed by atoms with van der Waals surface area (Å²) < 4.78 is 4.94. The fraction of sp³-hybridized carbons (Fsp3) is 0.190. The summed E-state index contributed by atoms with van der Waals surface area (Å²) >= 11 is 1.36. The minimum absolute atomic E-state index is 0.169. The highest BCUT2D eigenvalue weighted by Crippen LogP contribution is 2.19. The molecule has 0 aliphatic carbocycles. The van der Waals surface area contributed by atoms with Crippen LogP contribution in [0.4, 0.5) is 0 Å². The predicted molar refractivity (Wildman–Crippen MR) is 105 cm³/mol. The number of amides is 1. The van der Waals surface area contributed by atoms with Crippen molar-refractivity contribution in [1.29, 1.82) is 0 Å². The van der Waals surface area contributed by atoms with Gasteiger partial charge in [0.05, 0.1) is 11.3 Å². The van der Waals surface area contributed by atoms with Gasteiger partial charge in [-0.25, -0.2) is 0 Å². The van der Waals surface area contributed by atoms with Crippen LogP contribution in [0.3, 0.4) is 0 Å². The van der Waals surface area contributed by atoms with Crippen LogP contribution >= 0.6 is 11.3 Å². The third-order valence-electron chi connectivity index (χ3n) is 4.04. The molecule has 138 valence electrons. The van der Waals surface area contributed by atoms with Gasteiger partial charge >= 0.3 is 5.97 Å². The second kappa shape index (κ2) is 8.60. The van der Waals surface area contributed by atoms with Crippen molar-refractivity contribution in [2.75, 3.05) is 13.2 Å². The normalized spacial score (nSPS) is 10.6. The number of hydrogen-bond acceptors (Lipinski definition) is 5. The lowest BCUT2D eigenvalue weighted by Gasteiger charge is -2.08. The Morgan fingerprint density at radius 1 is 1.00 bits per heavy atom. The minimum atomic E-state index is -0.636. The molecule has 0 saturated heterocycles. The van der Waals surface area contributed by atoms with E-state index in [9.17, 15) is 14.4 Å². The van der Waals surface area contributed by atoms with Gasteiger partial charge in [-0.1, -0.05) is 42.5 Å². The van der Waals surface area contributed by atoms with Gasteiger partial charge in [0.2, 0.25) is 11.7 Å². The van der Waals surface area contributed by atoms with Crippen molar-refractivity contribution in [3.05, 3.63) is 69.9 Å². The standard InChI is InChI=1S/C21H19NO4S/c1-14-9-10-19(27-14)18(23)13-26-21(25)12-22-20(24)11-16-7-4-6-15-5-2-3-8-17(15)16/h2-10H,11-13H2,1H3,(H,22,24). The Morgan fingerprint density at radius 2 is 1.78 bits per heavy atom. The minimum Gasteiger partial charge on any atom is -0.456 e. The zero-order valence-corrected chi connectivity index (χ0v) is 15.7. The van der Waals surface area contributed by atoms with Crippen molar-refractivity contribution < 1.29 is 19.1 Å². The van der Waals surface area contributed by atoms with Crippen LogP contribution in [0.1, 0.15) is 20.1 Å². The van der Waals surface area contributed by atoms with Crippen molar-refractivity contribution >= 4 is 39.8 Å². The zero-order valence-electron chi connectivity index (χ0n) is 14.9. The summed E-state index contributed by atoms with van der Waals surface area (Å²) in [7, 11) is 0. The maximum Gasteiger partial charge on any atom is 0.325 e. The fourth-order valence-electron chi connectivity index (χ4n) is 2.71. The first-order valence-corrected chi connectivity index (χ1v) is 9.33. The number of aryl methyl sites for hydroxylation is 1. The molecule has 0 unspecified atom stereocenters. The first-order chi connectivity index (χ1) is 13.0. The second-order valence-electron chi connectivity index (χ2n) is 6.09. The van der Waals surface area contributed by atoms with Gasteiger partial charge < -0.3 is 10.1 Å². The van der Waals surface area contributed by atoms with E-state index in [0.29, 0.717) is 4.88 Å². The van der Waals surface area contributed by atoms with Crippen molar-refractivity contribution in [3.8, 4) is 0 Å². The van der Waals surface area contributed by atoms with E-state index in [0.717, 1.165) is 21.2 Å². The van der Waals surface area contributed by atoms with E-state index in [1.54, 1.807) is 6.07 Å². The van der Waals surface area contributed by atoms with Crippen LogP contribution in [0.2, 0.25) is 0 Å². The van der Waals surface area contributed by atoms with E-state index in [4.69, 9.17) is 4.74 Å². The summed E-state index contributed by atoms with van der Waals surface area (Å²) in [5, 5.41) is 4.61. The highest BCUT2D eigenvalue weighted by atomic mass is 32.1. The van der Waals surface area contributed by atoms with Crippen molar-refractivity contribution in [2.45, 2.75) is 13.3 Å². The van der Waals surface area contributed by atoms with Crippen LogP contribution in [0, 0.1) is 6.92 Å². The molecule has 0 aliphatic heterocycles. The molecule has 0 spiro atoms. The molecule has 27 heavy (non-hydrogen) atoms. The van der Waals surface area contributed by atoms with Crippen molar-refractivity contribution in [2.24, 2.45) is 0 Å². The lowest BCUT2D eigenvalue weighted by atomic mass is 10.0. The van der Waals surface area contributed by atoms with E-state index in [1.807, 2.05) is 55.5 Å². The molecule has 5 nitrogen and oxygen atoms in total. The predicted octanol–water partition coefficient (Wildman–Crippen LogP) is 3.29. The average molecular weight is 381 g/mol. The highest BCUT2D eigenvalue weighted by molar-refractivity contribution is 7.14. The number of thiophene rings is 1. The van der Waals surface area contributed by atoms with Gasteiger partial charge in [-0.05, 0) is 35.4 Å². The van der Waals surface area contributed by atoms with Gasteiger partial charge in [0.15, 0.2) is 6.61 Å². The molecular weight excluding hydrogens is 362 g/mol. The van der Waals surface area contributed by atoms with Crippen molar-refractivity contribution in [1.82, 2.24) is 5.32 Å². The van der Waals surface area contributed by atoms with E-state index in [1.165, 1.54) is 11.3 Å². The summed E-state index contributed by atoms with van der Waals surface area (Å²) in [4.78, 5) is 37.4. The maximum atomic E-state index is 12.1. The smallest absolute Gasteiger partial charge is 0.325 e. The number of ether oxygens (including phenoxy) is 1. The Hall–Kier alpha value is -2.99. The van der Waals surface area contributed by atoms with Gasteiger partial charge in [0, 0.05) is 4.88 Å². The zero-order chi connectivity index (χ0) is 19.2. The Kier molecular flexibility index (Phi) is 5.98. The van der Waals surface area contributed by atoms with Gasteiger partial charge in [-0.2, -0.15) is 0 Å². The highest BCUT2D eigenvalue weighted by Gasteiger charge is 2.13. The number of hydrogen-bond donors (Lipinski definition) is 1. The summed E-state index contributed by atoms with van der Waals surface area (Å²) in [6, 6.07) is 17.1. The molecule has 0 aliphatic rings. The topological polar surface area (TPSA) is 72.5 Å². The number of rotatable bonds is 7. The number of esters is 1. The third kappa shape index (κ3) is 5.01. The van der Waals surface area contributed by atoms with Gasteiger partial charge in [-0.15, -0.1) is 11.3 Å². The Bertz CT molecular complexity index is 987. The third-order valence-corrected chi connectivity index (χ3v) is 5.08. The van der Waals surface area contributed by atoms with E-state index in [2.05, 4.69) is 5.32 Å². The molecule has 2 aromatic carbocycles. The summed E-state index contributed by atoms with van der Waals surface area (Å²) in [5.74, 6) is -1.16.